The van der Waals surface area contributed by atoms with Crippen LogP contribution >= 0.6 is 0 Å². The fourth-order valence-corrected chi connectivity index (χ4v) is 1.73. The number of nitrogens with zero attached hydrogens (tertiary/aromatic N) is 3. The molecule has 0 saturated carbocycles. The van der Waals surface area contributed by atoms with Crippen LogP contribution in [0.3, 0.4) is 0 Å². The van der Waals surface area contributed by atoms with Crippen molar-refractivity contribution in [3.8, 4) is 6.07 Å². The second-order valence-electron chi connectivity index (χ2n) is 4.63. The van der Waals surface area contributed by atoms with Crippen molar-refractivity contribution < 1.29 is 9.53 Å². The third-order valence-corrected chi connectivity index (χ3v) is 2.88. The molecule has 1 aromatic carbocycles. The predicted molar refractivity (Wildman–Crippen MR) is 85.0 cm³/mol. The Labute approximate surface area is 134 Å². The first kappa shape index (κ1) is 16.2. The zero-order valence-corrected chi connectivity index (χ0v) is 12.5. The molecule has 0 unspecified atom stereocenters. The minimum absolute atomic E-state index is 0.143. The number of hydrogen-bond donors (Lipinski definition) is 1. The molecule has 0 bridgehead atoms. The topological polar surface area (TPSA) is 87.9 Å². The van der Waals surface area contributed by atoms with E-state index in [4.69, 9.17) is 10.00 Å². The molecule has 0 radical (unpaired) electrons. The fraction of sp³-hybridized carbons (Fsp3) is 0.176. The highest BCUT2D eigenvalue weighted by atomic mass is 16.5. The largest absolute Gasteiger partial charge is 0.445 e. The van der Waals surface area contributed by atoms with E-state index >= 15 is 0 Å². The van der Waals surface area contributed by atoms with Crippen LogP contribution in [0.25, 0.3) is 6.08 Å². The zero-order chi connectivity index (χ0) is 16.3. The summed E-state index contributed by atoms with van der Waals surface area (Å²) < 4.78 is 5.09. The first-order valence-electron chi connectivity index (χ1n) is 7.11. The molecule has 0 aliphatic rings. The van der Waals surface area contributed by atoms with Gasteiger partial charge in [-0.1, -0.05) is 42.5 Å². The molecule has 23 heavy (non-hydrogen) atoms. The van der Waals surface area contributed by atoms with Crippen LogP contribution < -0.4 is 5.32 Å². The van der Waals surface area contributed by atoms with Gasteiger partial charge in [-0.05, 0) is 12.0 Å². The predicted octanol–water partition coefficient (Wildman–Crippen LogP) is 2.68. The van der Waals surface area contributed by atoms with Gasteiger partial charge in [-0.2, -0.15) is 5.26 Å². The summed E-state index contributed by atoms with van der Waals surface area (Å²) in [5.74, 6) is 0.143. The molecule has 6 nitrogen and oxygen atoms in total. The summed E-state index contributed by atoms with van der Waals surface area (Å²) in [6.45, 7) is 0.729. The quantitative estimate of drug-likeness (QED) is 0.829. The maximum absolute atomic E-state index is 11.5. The molecule has 0 fully saturated rings. The number of nitriles is 1. The fourth-order valence-electron chi connectivity index (χ4n) is 1.73. The highest BCUT2D eigenvalue weighted by Gasteiger charge is 2.00. The zero-order valence-electron chi connectivity index (χ0n) is 12.5. The van der Waals surface area contributed by atoms with Crippen LogP contribution in [0.2, 0.25) is 0 Å². The molecule has 116 valence electrons. The molecule has 1 aromatic heterocycles. The smallest absolute Gasteiger partial charge is 0.407 e. The van der Waals surface area contributed by atoms with Crippen LogP contribution in [0.5, 0.6) is 0 Å². The Morgan fingerprint density at radius 2 is 2.00 bits per heavy atom. The normalized spacial score (nSPS) is 10.2. The Bertz CT molecular complexity index is 691. The van der Waals surface area contributed by atoms with Gasteiger partial charge in [0.2, 0.25) is 5.82 Å². The number of rotatable bonds is 6. The van der Waals surface area contributed by atoms with Gasteiger partial charge in [0.05, 0.1) is 0 Å². The molecule has 0 spiro atoms. The molecule has 0 aliphatic heterocycles. The number of amides is 1. The number of alkyl carbamates (subject to hydrolysis) is 1. The molecule has 0 atom stereocenters. The standard InChI is InChI=1S/C17H16N4O2/c18-10-16-20-11-15(12-21-16)8-4-5-9-19-17(22)23-13-14-6-2-1-3-7-14/h1-4,6-8,11-12H,5,9,13H2,(H,19,22). The number of ether oxygens (including phenoxy) is 1. The molecule has 2 aromatic rings. The average Bonchev–Trinajstić information content (AvgIpc) is 2.61. The van der Waals surface area contributed by atoms with Gasteiger partial charge < -0.3 is 10.1 Å². The van der Waals surface area contributed by atoms with E-state index in [1.54, 1.807) is 12.4 Å². The minimum Gasteiger partial charge on any atom is -0.445 e. The number of aromatic nitrogens is 2. The van der Waals surface area contributed by atoms with E-state index < -0.39 is 6.09 Å². The van der Waals surface area contributed by atoms with Crippen molar-refractivity contribution in [3.63, 3.8) is 0 Å². The second kappa shape index (κ2) is 8.95. The van der Waals surface area contributed by atoms with Gasteiger partial charge in [0.25, 0.3) is 0 Å². The molecule has 0 saturated heterocycles. The Kier molecular flexibility index (Phi) is 6.29. The van der Waals surface area contributed by atoms with Crippen molar-refractivity contribution in [1.29, 1.82) is 5.26 Å². The monoisotopic (exact) mass is 308 g/mol. The maximum atomic E-state index is 11.5. The Hall–Kier alpha value is -3.20. The Morgan fingerprint density at radius 3 is 2.70 bits per heavy atom. The van der Waals surface area contributed by atoms with Crippen molar-refractivity contribution in [2.24, 2.45) is 0 Å². The van der Waals surface area contributed by atoms with Gasteiger partial charge in [0, 0.05) is 24.5 Å². The lowest BCUT2D eigenvalue weighted by atomic mass is 10.2. The summed E-state index contributed by atoms with van der Waals surface area (Å²) in [5.41, 5.74) is 1.75. The van der Waals surface area contributed by atoms with Gasteiger partial charge >= 0.3 is 6.09 Å². The van der Waals surface area contributed by atoms with Crippen molar-refractivity contribution in [1.82, 2.24) is 15.3 Å². The molecular weight excluding hydrogens is 292 g/mol. The third-order valence-electron chi connectivity index (χ3n) is 2.88. The molecule has 1 heterocycles. The lowest BCUT2D eigenvalue weighted by Gasteiger charge is -2.05. The Balaban J connectivity index is 1.63. The van der Waals surface area contributed by atoms with Gasteiger partial charge in [-0.15, -0.1) is 0 Å². The summed E-state index contributed by atoms with van der Waals surface area (Å²) in [6, 6.07) is 11.4. The number of carbonyl (C=O) groups excluding carboxylic acids is 1. The Morgan fingerprint density at radius 1 is 1.26 bits per heavy atom. The van der Waals surface area contributed by atoms with E-state index in [-0.39, 0.29) is 12.4 Å². The van der Waals surface area contributed by atoms with Crippen molar-refractivity contribution in [2.75, 3.05) is 6.54 Å². The van der Waals surface area contributed by atoms with Gasteiger partial charge in [0.15, 0.2) is 0 Å². The van der Waals surface area contributed by atoms with E-state index in [1.807, 2.05) is 48.6 Å². The number of hydrogen-bond acceptors (Lipinski definition) is 5. The van der Waals surface area contributed by atoms with E-state index in [0.29, 0.717) is 13.0 Å². The number of carbonyl (C=O) groups is 1. The SMILES string of the molecule is N#Cc1ncc(C=CCCNC(=O)OCc2ccccc2)cn1. The van der Waals surface area contributed by atoms with E-state index in [1.165, 1.54) is 0 Å². The van der Waals surface area contributed by atoms with E-state index in [2.05, 4.69) is 15.3 Å². The number of nitrogens with one attached hydrogen (secondary N) is 1. The van der Waals surface area contributed by atoms with Crippen molar-refractivity contribution >= 4 is 12.2 Å². The van der Waals surface area contributed by atoms with E-state index in [9.17, 15) is 4.79 Å². The van der Waals surface area contributed by atoms with Crippen LogP contribution in [0.1, 0.15) is 23.4 Å². The number of benzene rings is 1. The molecule has 1 amide bonds. The summed E-state index contributed by atoms with van der Waals surface area (Å²) in [4.78, 5) is 19.2. The van der Waals surface area contributed by atoms with Gasteiger partial charge in [-0.3, -0.25) is 0 Å². The van der Waals surface area contributed by atoms with Crippen LogP contribution in [0, 0.1) is 11.3 Å². The van der Waals surface area contributed by atoms with Gasteiger partial charge in [0.1, 0.15) is 12.7 Å². The highest BCUT2D eigenvalue weighted by molar-refractivity contribution is 5.67. The van der Waals surface area contributed by atoms with Crippen LogP contribution in [-0.4, -0.2) is 22.6 Å². The highest BCUT2D eigenvalue weighted by Crippen LogP contribution is 2.01. The molecule has 2 rings (SSSR count). The average molecular weight is 308 g/mol. The second-order valence-corrected chi connectivity index (χ2v) is 4.63. The lowest BCUT2D eigenvalue weighted by molar-refractivity contribution is 0.140. The van der Waals surface area contributed by atoms with Gasteiger partial charge in [-0.25, -0.2) is 14.8 Å². The maximum Gasteiger partial charge on any atom is 0.407 e. The van der Waals surface area contributed by atoms with Crippen molar-refractivity contribution in [3.05, 3.63) is 65.8 Å². The van der Waals surface area contributed by atoms with Crippen LogP contribution in [0.15, 0.2) is 48.8 Å². The molecule has 6 heteroatoms. The van der Waals surface area contributed by atoms with Crippen LogP contribution in [-0.2, 0) is 11.3 Å². The summed E-state index contributed by atoms with van der Waals surface area (Å²) in [7, 11) is 0. The third kappa shape index (κ3) is 5.98. The summed E-state index contributed by atoms with van der Waals surface area (Å²) in [5, 5.41) is 11.3. The molecular formula is C17H16N4O2. The van der Waals surface area contributed by atoms with Crippen LogP contribution in [0.4, 0.5) is 4.79 Å². The van der Waals surface area contributed by atoms with Crippen molar-refractivity contribution in [2.45, 2.75) is 13.0 Å². The van der Waals surface area contributed by atoms with E-state index in [0.717, 1.165) is 11.1 Å². The minimum atomic E-state index is -0.441. The molecule has 1 N–H and O–H groups in total. The molecule has 0 aliphatic carbocycles. The first-order valence-corrected chi connectivity index (χ1v) is 7.11. The lowest BCUT2D eigenvalue weighted by Crippen LogP contribution is -2.24. The summed E-state index contributed by atoms with van der Waals surface area (Å²) in [6.07, 6.45) is 7.08. The first-order chi connectivity index (χ1) is 11.3. The summed E-state index contributed by atoms with van der Waals surface area (Å²) >= 11 is 0.